The molecular weight excluding hydrogens is 450 g/mol. The monoisotopic (exact) mass is 501 g/mol. The topological polar surface area (TPSA) is 14.1 Å². The molecule has 0 saturated heterocycles. The van der Waals surface area contributed by atoms with E-state index in [1.165, 1.54) is 70.6 Å². The van der Waals surface area contributed by atoms with Gasteiger partial charge in [-0.25, -0.2) is 0 Å². The summed E-state index contributed by atoms with van der Waals surface area (Å²) in [5.74, 6) is 2.77. The van der Waals surface area contributed by atoms with Crippen LogP contribution >= 0.6 is 0 Å². The van der Waals surface area contributed by atoms with Crippen molar-refractivity contribution >= 4 is 8.24 Å². The average molecular weight is 502 g/mol. The van der Waals surface area contributed by atoms with E-state index in [1.807, 2.05) is 0 Å². The van der Waals surface area contributed by atoms with Gasteiger partial charge in [0.2, 0.25) is 0 Å². The zero-order valence-corrected chi connectivity index (χ0v) is 24.9. The van der Waals surface area contributed by atoms with Crippen molar-refractivity contribution in [3.05, 3.63) is 75.9 Å². The summed E-state index contributed by atoms with van der Waals surface area (Å²) in [5, 5.41) is 0. The van der Waals surface area contributed by atoms with Crippen molar-refractivity contribution in [3.63, 3.8) is 0 Å². The van der Waals surface area contributed by atoms with Gasteiger partial charge in [0.1, 0.15) is 0 Å². The molecule has 3 heteroatoms. The van der Waals surface area contributed by atoms with Crippen molar-refractivity contribution in [1.82, 2.24) is 0 Å². The summed E-state index contributed by atoms with van der Waals surface area (Å²) in [6, 6.07) is 0.625. The van der Waals surface area contributed by atoms with Gasteiger partial charge >= 0.3 is 21.7 Å². The molecule has 0 amide bonds. The van der Waals surface area contributed by atoms with Crippen molar-refractivity contribution in [3.8, 4) is 0 Å². The molecule has 4 unspecified atom stereocenters. The first-order valence-corrected chi connectivity index (χ1v) is 15.6. The molecule has 0 aromatic carbocycles. The van der Waals surface area contributed by atoms with Crippen molar-refractivity contribution in [2.45, 2.75) is 95.3 Å². The first-order chi connectivity index (χ1) is 14.2. The molecule has 4 aliphatic rings. The Morgan fingerprint density at radius 3 is 1.27 bits per heavy atom. The van der Waals surface area contributed by atoms with Gasteiger partial charge < -0.3 is 27.3 Å². The Kier molecular flexibility index (Phi) is 15.7. The molecule has 184 valence electrons. The standard InChI is InChI=1S/C27H42NSi.3CH3.Ti/c1-29(2,28-22-16-10-8-6-4-3-5-7-9-11-17-22)27-25-20-14-12-18-23(25)24-19-13-15-21-26(24)27;;;;/h12-15,18-27H,3-11,16-17H2,1-2H3;3*1H3;/q4*-1;+4. The van der Waals surface area contributed by atoms with E-state index in [0.717, 1.165) is 5.54 Å². The fourth-order valence-electron chi connectivity index (χ4n) is 6.80. The van der Waals surface area contributed by atoms with Gasteiger partial charge in [0.15, 0.2) is 0 Å². The zero-order valence-electron chi connectivity index (χ0n) is 22.3. The molecule has 2 fully saturated rings. The third-order valence-corrected chi connectivity index (χ3v) is 11.6. The van der Waals surface area contributed by atoms with Gasteiger partial charge in [0.25, 0.3) is 0 Å². The third kappa shape index (κ3) is 8.19. The van der Waals surface area contributed by atoms with Crippen molar-refractivity contribution in [1.29, 1.82) is 0 Å². The molecule has 0 bridgehead atoms. The van der Waals surface area contributed by atoms with Crippen LogP contribution in [0.1, 0.15) is 70.6 Å². The number of fused-ring (bicyclic) bond motifs is 3. The average Bonchev–Trinajstić information content (AvgIpc) is 3.05. The maximum Gasteiger partial charge on any atom is 4.00 e. The van der Waals surface area contributed by atoms with E-state index >= 15 is 0 Å². The van der Waals surface area contributed by atoms with Crippen molar-refractivity contribution in [2.75, 3.05) is 0 Å². The summed E-state index contributed by atoms with van der Waals surface area (Å²) in [6.07, 6.45) is 34.8. The largest absolute Gasteiger partial charge is 4.00 e. The number of allylic oxidation sites excluding steroid dienone is 8. The van der Waals surface area contributed by atoms with E-state index in [1.54, 1.807) is 0 Å². The minimum absolute atomic E-state index is 0. The van der Waals surface area contributed by atoms with Crippen LogP contribution < -0.4 is 0 Å². The Balaban J connectivity index is 0.00000256. The molecule has 0 aromatic heterocycles. The van der Waals surface area contributed by atoms with E-state index in [0.29, 0.717) is 29.7 Å². The molecule has 0 aliphatic heterocycles. The summed E-state index contributed by atoms with van der Waals surface area (Å²) in [4.78, 5) is 5.78. The number of nitrogens with zero attached hydrogens (tertiary/aromatic N) is 1. The summed E-state index contributed by atoms with van der Waals surface area (Å²) in [6.45, 7) is 5.18. The molecule has 0 spiro atoms. The summed E-state index contributed by atoms with van der Waals surface area (Å²) < 4.78 is 0. The minimum atomic E-state index is -1.71. The summed E-state index contributed by atoms with van der Waals surface area (Å²) >= 11 is 0. The van der Waals surface area contributed by atoms with Gasteiger partial charge in [-0.05, 0) is 23.7 Å². The van der Waals surface area contributed by atoms with Crippen LogP contribution in [0.15, 0.2) is 48.6 Å². The second-order valence-electron chi connectivity index (χ2n) is 10.6. The Hall–Kier alpha value is -0.149. The molecule has 4 aliphatic carbocycles. The van der Waals surface area contributed by atoms with Crippen LogP contribution in [0.3, 0.4) is 0 Å². The predicted octanol–water partition coefficient (Wildman–Crippen LogP) is 9.69. The van der Waals surface area contributed by atoms with Gasteiger partial charge in [-0.3, -0.25) is 0 Å². The minimum Gasteiger partial charge on any atom is -0.662 e. The molecule has 0 radical (unpaired) electrons. The van der Waals surface area contributed by atoms with Gasteiger partial charge in [-0.2, -0.15) is 0 Å². The number of hydrogen-bond donors (Lipinski definition) is 0. The van der Waals surface area contributed by atoms with Gasteiger partial charge in [0.05, 0.1) is 0 Å². The Morgan fingerprint density at radius 2 is 0.879 bits per heavy atom. The molecule has 2 saturated carbocycles. The van der Waals surface area contributed by atoms with Crippen LogP contribution in [0.2, 0.25) is 18.6 Å². The maximum atomic E-state index is 5.78. The molecule has 4 atom stereocenters. The van der Waals surface area contributed by atoms with Gasteiger partial charge in [0, 0.05) is 0 Å². The smallest absolute Gasteiger partial charge is 0.662 e. The van der Waals surface area contributed by atoms with Crippen LogP contribution in [0, 0.1) is 46.0 Å². The second kappa shape index (κ2) is 15.8. The van der Waals surface area contributed by atoms with Gasteiger partial charge in [-0.1, -0.05) is 146 Å². The molecule has 0 aromatic rings. The van der Waals surface area contributed by atoms with Crippen LogP contribution in [-0.4, -0.2) is 14.3 Å². The molecule has 4 rings (SSSR count). The Labute approximate surface area is 224 Å². The van der Waals surface area contributed by atoms with E-state index in [9.17, 15) is 0 Å². The van der Waals surface area contributed by atoms with E-state index in [-0.39, 0.29) is 44.0 Å². The molecule has 0 N–H and O–H groups in total. The van der Waals surface area contributed by atoms with Crippen LogP contribution in [0.25, 0.3) is 4.98 Å². The number of rotatable bonds is 3. The molecule has 0 heterocycles. The zero-order chi connectivity index (χ0) is 20.1. The molecule has 1 nitrogen and oxygen atoms in total. The van der Waals surface area contributed by atoms with E-state index in [2.05, 4.69) is 61.7 Å². The quantitative estimate of drug-likeness (QED) is 0.270. The molecular formula is C30H51NSiTi. The fraction of sp³-hybridized carbons (Fsp3) is 0.633. The summed E-state index contributed by atoms with van der Waals surface area (Å²) in [5.41, 5.74) is 0.751. The second-order valence-corrected chi connectivity index (χ2v) is 14.8. The first-order valence-electron chi connectivity index (χ1n) is 12.6. The Bertz CT molecular complexity index is 604. The van der Waals surface area contributed by atoms with Crippen LogP contribution in [0.4, 0.5) is 0 Å². The van der Waals surface area contributed by atoms with E-state index < -0.39 is 8.24 Å². The summed E-state index contributed by atoms with van der Waals surface area (Å²) in [7, 11) is -1.71. The van der Waals surface area contributed by atoms with Crippen molar-refractivity contribution < 1.29 is 21.7 Å². The SMILES string of the molecule is C[Si](C)([N-]C1CCCCCCCCCCC1)C1C2C=CC=CC2C2C=CC=CC21.[CH3-].[CH3-].[CH3-].[Ti+4]. The van der Waals surface area contributed by atoms with Crippen LogP contribution in [-0.2, 0) is 21.7 Å². The molecule has 33 heavy (non-hydrogen) atoms. The maximum absolute atomic E-state index is 5.78. The number of hydrogen-bond acceptors (Lipinski definition) is 0. The predicted molar refractivity (Wildman–Crippen MR) is 149 cm³/mol. The van der Waals surface area contributed by atoms with E-state index in [4.69, 9.17) is 4.98 Å². The van der Waals surface area contributed by atoms with Gasteiger partial charge in [-0.15, -0.1) is 6.04 Å². The fourth-order valence-corrected chi connectivity index (χ4v) is 10.7. The van der Waals surface area contributed by atoms with Crippen LogP contribution in [0.5, 0.6) is 0 Å². The first kappa shape index (κ1) is 32.9. The normalized spacial score (nSPS) is 31.9. The van der Waals surface area contributed by atoms with Crippen molar-refractivity contribution in [2.24, 2.45) is 23.7 Å². The third-order valence-electron chi connectivity index (χ3n) is 8.12. The Morgan fingerprint density at radius 1 is 0.545 bits per heavy atom.